The summed E-state index contributed by atoms with van der Waals surface area (Å²) in [6.45, 7) is -2.60. The fourth-order valence-corrected chi connectivity index (χ4v) is 4.18. The van der Waals surface area contributed by atoms with Gasteiger partial charge < -0.3 is 24.2 Å². The zero-order valence-corrected chi connectivity index (χ0v) is 15.0. The van der Waals surface area contributed by atoms with Crippen LogP contribution >= 0.6 is 0 Å². The number of fused-ring (bicyclic) bond motifs is 1. The first-order valence-corrected chi connectivity index (χ1v) is 8.56. The Kier molecular flexibility index (Phi) is 5.12. The lowest BCUT2D eigenvalue weighted by Gasteiger charge is -2.23. The van der Waals surface area contributed by atoms with Crippen LogP contribution in [0.3, 0.4) is 0 Å². The van der Waals surface area contributed by atoms with Gasteiger partial charge in [-0.25, -0.2) is 0 Å². The number of carbonyl (C=O) groups excluding carboxylic acids is 1. The number of alkyl halides is 2. The van der Waals surface area contributed by atoms with Crippen molar-refractivity contribution in [2.45, 2.75) is 25.9 Å². The predicted octanol–water partition coefficient (Wildman–Crippen LogP) is 2.63. The summed E-state index contributed by atoms with van der Waals surface area (Å²) in [4.78, 5) is 26.2. The highest BCUT2D eigenvalue weighted by Gasteiger charge is 2.55. The van der Waals surface area contributed by atoms with Crippen LogP contribution in [0.4, 0.5) is 8.78 Å². The predicted molar refractivity (Wildman–Crippen MR) is 89.5 cm³/mol. The van der Waals surface area contributed by atoms with E-state index in [9.17, 15) is 23.5 Å². The number of nitrogens with zero attached hydrogens (tertiary/aromatic N) is 1. The molecule has 2 atom stereocenters. The van der Waals surface area contributed by atoms with Gasteiger partial charge in [-0.1, -0.05) is 6.42 Å². The van der Waals surface area contributed by atoms with E-state index in [1.807, 2.05) is 0 Å². The molecule has 27 heavy (non-hydrogen) atoms. The molecule has 1 saturated carbocycles. The number of ether oxygens (including phenoxy) is 3. The number of amides is 1. The molecule has 2 fully saturated rings. The average Bonchev–Trinajstić information content (AvgIpc) is 3.19. The summed E-state index contributed by atoms with van der Waals surface area (Å²) in [5, 5.41) is 9.66. The second-order valence-corrected chi connectivity index (χ2v) is 6.82. The zero-order valence-electron chi connectivity index (χ0n) is 15.0. The molecule has 2 aliphatic rings. The van der Waals surface area contributed by atoms with Crippen LogP contribution in [-0.2, 0) is 4.79 Å². The van der Waals surface area contributed by atoms with Crippen LogP contribution in [0.25, 0.3) is 0 Å². The number of methoxy groups -OCH3 is 2. The quantitative estimate of drug-likeness (QED) is 0.810. The van der Waals surface area contributed by atoms with Gasteiger partial charge in [0.05, 0.1) is 19.6 Å². The van der Waals surface area contributed by atoms with E-state index < -0.39 is 23.9 Å². The number of benzene rings is 1. The summed E-state index contributed by atoms with van der Waals surface area (Å²) in [6.07, 6.45) is 2.15. The molecule has 0 unspecified atom stereocenters. The highest BCUT2D eigenvalue weighted by Crippen LogP contribution is 2.49. The summed E-state index contributed by atoms with van der Waals surface area (Å²) in [7, 11) is 2.53. The first-order valence-electron chi connectivity index (χ1n) is 8.56. The number of likely N-dealkylation sites (tertiary alicyclic amines) is 1. The maximum absolute atomic E-state index is 12.9. The molecule has 1 N–H and O–H groups in total. The van der Waals surface area contributed by atoms with Crippen molar-refractivity contribution in [1.29, 1.82) is 0 Å². The molecule has 1 amide bonds. The van der Waals surface area contributed by atoms with Crippen molar-refractivity contribution in [3.8, 4) is 17.2 Å². The third-order valence-corrected chi connectivity index (χ3v) is 5.50. The van der Waals surface area contributed by atoms with Crippen molar-refractivity contribution in [3.05, 3.63) is 17.7 Å². The minimum Gasteiger partial charge on any atom is -0.493 e. The van der Waals surface area contributed by atoms with Crippen LogP contribution in [0.1, 0.15) is 29.6 Å². The van der Waals surface area contributed by atoms with E-state index in [4.69, 9.17) is 9.47 Å². The minimum atomic E-state index is -3.08. The number of carbonyl (C=O) groups is 2. The summed E-state index contributed by atoms with van der Waals surface area (Å²) in [5.41, 5.74) is -0.742. The largest absolute Gasteiger partial charge is 0.493 e. The number of rotatable bonds is 6. The Labute approximate surface area is 154 Å². The topological polar surface area (TPSA) is 85.3 Å². The fraction of sp³-hybridized carbons (Fsp3) is 0.556. The Morgan fingerprint density at radius 1 is 1.26 bits per heavy atom. The van der Waals surface area contributed by atoms with E-state index in [1.54, 1.807) is 0 Å². The molecule has 1 aromatic rings. The lowest BCUT2D eigenvalue weighted by molar-refractivity contribution is -0.149. The zero-order chi connectivity index (χ0) is 19.8. The molecule has 0 aromatic heterocycles. The van der Waals surface area contributed by atoms with Gasteiger partial charge in [0.2, 0.25) is 5.75 Å². The number of hydrogen-bond acceptors (Lipinski definition) is 5. The summed E-state index contributed by atoms with van der Waals surface area (Å²) in [5.74, 6) is -1.78. The van der Waals surface area contributed by atoms with Gasteiger partial charge >= 0.3 is 12.6 Å². The van der Waals surface area contributed by atoms with Crippen molar-refractivity contribution >= 4 is 11.9 Å². The molecule has 0 bridgehead atoms. The summed E-state index contributed by atoms with van der Waals surface area (Å²) < 4.78 is 39.9. The molecule has 0 radical (unpaired) electrons. The Bertz CT molecular complexity index is 730. The van der Waals surface area contributed by atoms with Gasteiger partial charge in [-0.3, -0.25) is 9.59 Å². The van der Waals surface area contributed by atoms with Crippen molar-refractivity contribution in [1.82, 2.24) is 4.90 Å². The molecule has 1 aliphatic heterocycles. The monoisotopic (exact) mass is 385 g/mol. The van der Waals surface area contributed by atoms with Crippen LogP contribution < -0.4 is 14.2 Å². The summed E-state index contributed by atoms with van der Waals surface area (Å²) in [6, 6.07) is 2.59. The Morgan fingerprint density at radius 2 is 1.89 bits per heavy atom. The minimum absolute atomic E-state index is 0.0645. The Hall–Kier alpha value is -2.58. The number of halogens is 2. The second-order valence-electron chi connectivity index (χ2n) is 6.82. The van der Waals surface area contributed by atoms with E-state index >= 15 is 0 Å². The lowest BCUT2D eigenvalue weighted by Crippen LogP contribution is -2.37. The average molecular weight is 385 g/mol. The fourth-order valence-electron chi connectivity index (χ4n) is 4.18. The number of carboxylic acids is 1. The highest BCUT2D eigenvalue weighted by molar-refractivity contribution is 5.96. The van der Waals surface area contributed by atoms with Gasteiger partial charge in [0.25, 0.3) is 5.91 Å². The third-order valence-electron chi connectivity index (χ3n) is 5.50. The highest BCUT2D eigenvalue weighted by atomic mass is 19.3. The van der Waals surface area contributed by atoms with Gasteiger partial charge in [0, 0.05) is 18.7 Å². The smallest absolute Gasteiger partial charge is 0.387 e. The Balaban J connectivity index is 1.90. The van der Waals surface area contributed by atoms with Crippen molar-refractivity contribution in [2.24, 2.45) is 11.3 Å². The van der Waals surface area contributed by atoms with E-state index in [0.717, 1.165) is 12.8 Å². The van der Waals surface area contributed by atoms with E-state index in [2.05, 4.69) is 4.74 Å². The number of hydrogen-bond donors (Lipinski definition) is 1. The van der Waals surface area contributed by atoms with Crippen molar-refractivity contribution < 1.29 is 37.7 Å². The van der Waals surface area contributed by atoms with Crippen LogP contribution in [0, 0.1) is 11.3 Å². The number of carboxylic acid groups (broad SMARTS) is 1. The molecule has 148 valence electrons. The molecule has 3 rings (SSSR count). The molecule has 0 spiro atoms. The number of aliphatic carboxylic acids is 1. The van der Waals surface area contributed by atoms with Gasteiger partial charge in [-0.2, -0.15) is 8.78 Å². The van der Waals surface area contributed by atoms with Gasteiger partial charge in [0.1, 0.15) is 0 Å². The second kappa shape index (κ2) is 7.21. The standard InChI is InChI=1S/C18H21F2NO6/c1-25-12-6-10(7-13(26-2)14(12)27-17(19)20)15(22)21-8-11-4-3-5-18(11,9-21)16(23)24/h6-7,11,17H,3-5,8-9H2,1-2H3,(H,23,24)/t11-,18+/m0/s1. The van der Waals surface area contributed by atoms with E-state index in [0.29, 0.717) is 13.0 Å². The molecule has 7 nitrogen and oxygen atoms in total. The van der Waals surface area contributed by atoms with Crippen molar-refractivity contribution in [2.75, 3.05) is 27.3 Å². The molecule has 1 aliphatic carbocycles. The van der Waals surface area contributed by atoms with Crippen LogP contribution in [0.5, 0.6) is 17.2 Å². The molecule has 9 heteroatoms. The molecular formula is C18H21F2NO6. The first-order chi connectivity index (χ1) is 12.8. The van der Waals surface area contributed by atoms with Crippen LogP contribution in [0.15, 0.2) is 12.1 Å². The SMILES string of the molecule is COc1cc(C(=O)N2C[C@@H]3CCC[C@@]3(C(=O)O)C2)cc(OC)c1OC(F)F. The lowest BCUT2D eigenvalue weighted by atomic mass is 9.81. The Morgan fingerprint density at radius 3 is 2.37 bits per heavy atom. The van der Waals surface area contributed by atoms with Gasteiger partial charge in [0.15, 0.2) is 11.5 Å². The maximum atomic E-state index is 12.9. The van der Waals surface area contributed by atoms with Gasteiger partial charge in [-0.05, 0) is 30.9 Å². The molecule has 1 saturated heterocycles. The summed E-state index contributed by atoms with van der Waals surface area (Å²) >= 11 is 0. The van der Waals surface area contributed by atoms with Crippen LogP contribution in [-0.4, -0.2) is 55.8 Å². The van der Waals surface area contributed by atoms with Crippen molar-refractivity contribution in [3.63, 3.8) is 0 Å². The van der Waals surface area contributed by atoms with E-state index in [-0.39, 0.29) is 35.3 Å². The van der Waals surface area contributed by atoms with E-state index in [1.165, 1.54) is 31.3 Å². The van der Waals surface area contributed by atoms with Gasteiger partial charge in [-0.15, -0.1) is 0 Å². The first kappa shape index (κ1) is 19.2. The third kappa shape index (κ3) is 3.26. The molecule has 1 aromatic carbocycles. The maximum Gasteiger partial charge on any atom is 0.387 e. The normalized spacial score (nSPS) is 24.0. The van der Waals surface area contributed by atoms with Crippen LogP contribution in [0.2, 0.25) is 0 Å². The molecule has 1 heterocycles. The molecular weight excluding hydrogens is 364 g/mol.